The molecular weight excluding hydrogens is 312 g/mol. The van der Waals surface area contributed by atoms with Crippen LogP contribution in [0.15, 0.2) is 30.3 Å². The van der Waals surface area contributed by atoms with Crippen LogP contribution in [-0.4, -0.2) is 36.8 Å². The number of phenols is 2. The summed E-state index contributed by atoms with van der Waals surface area (Å²) >= 11 is 0. The second-order valence-electron chi connectivity index (χ2n) is 5.59. The van der Waals surface area contributed by atoms with Gasteiger partial charge in [-0.25, -0.2) is 0 Å². The Bertz CT molecular complexity index is 783. The van der Waals surface area contributed by atoms with Crippen molar-refractivity contribution in [3.8, 4) is 28.7 Å². The van der Waals surface area contributed by atoms with Crippen LogP contribution in [-0.2, 0) is 6.42 Å². The van der Waals surface area contributed by atoms with Gasteiger partial charge in [-0.2, -0.15) is 0 Å². The van der Waals surface area contributed by atoms with Crippen molar-refractivity contribution in [2.75, 3.05) is 20.8 Å². The van der Waals surface area contributed by atoms with E-state index in [2.05, 4.69) is 0 Å². The number of hydrogen-bond acceptors (Lipinski definition) is 6. The summed E-state index contributed by atoms with van der Waals surface area (Å²) in [5.74, 6) is 0.461. The fraction of sp³-hybridized carbons (Fsp3) is 0.278. The fourth-order valence-electron chi connectivity index (χ4n) is 2.79. The molecule has 2 N–H and O–H groups in total. The molecule has 0 saturated heterocycles. The molecule has 0 radical (unpaired) electrons. The molecule has 1 heterocycles. The summed E-state index contributed by atoms with van der Waals surface area (Å²) in [4.78, 5) is 12.7. The fourth-order valence-corrected chi connectivity index (χ4v) is 2.79. The Morgan fingerprint density at radius 2 is 1.79 bits per heavy atom. The lowest BCUT2D eigenvalue weighted by molar-refractivity contribution is 0.0825. The summed E-state index contributed by atoms with van der Waals surface area (Å²) in [7, 11) is 2.99. The van der Waals surface area contributed by atoms with Crippen molar-refractivity contribution in [2.24, 2.45) is 5.92 Å². The van der Waals surface area contributed by atoms with E-state index in [0.29, 0.717) is 29.2 Å². The summed E-state index contributed by atoms with van der Waals surface area (Å²) in [6.07, 6.45) is 0.305. The number of methoxy groups -OCH3 is 2. The summed E-state index contributed by atoms with van der Waals surface area (Å²) in [6.45, 7) is 0.171. The molecule has 2 aromatic carbocycles. The molecule has 1 aliphatic rings. The monoisotopic (exact) mass is 330 g/mol. The van der Waals surface area contributed by atoms with Gasteiger partial charge in [0.25, 0.3) is 0 Å². The number of carbonyl (C=O) groups is 1. The average molecular weight is 330 g/mol. The molecule has 0 spiro atoms. The van der Waals surface area contributed by atoms with Gasteiger partial charge in [0.2, 0.25) is 0 Å². The van der Waals surface area contributed by atoms with Crippen LogP contribution in [0.25, 0.3) is 0 Å². The van der Waals surface area contributed by atoms with E-state index in [1.807, 2.05) is 0 Å². The van der Waals surface area contributed by atoms with E-state index in [-0.39, 0.29) is 29.5 Å². The average Bonchev–Trinajstić information content (AvgIpc) is 2.58. The third kappa shape index (κ3) is 2.82. The minimum atomic E-state index is -0.490. The van der Waals surface area contributed by atoms with Gasteiger partial charge in [0, 0.05) is 18.2 Å². The maximum absolute atomic E-state index is 12.7. The molecule has 6 nitrogen and oxygen atoms in total. The number of fused-ring (bicyclic) bond motifs is 1. The standard InChI is InChI=1S/C18H18O6/c1-22-12-4-3-10(14(19)6-12)5-11-9-24-16-8-13(23-2)7-15(20)17(16)18(11)21/h3-4,6-8,11,19-20H,5,9H2,1-2H3/t11-/m1/s1. The number of ether oxygens (including phenoxy) is 3. The van der Waals surface area contributed by atoms with Crippen molar-refractivity contribution in [1.82, 2.24) is 0 Å². The Balaban J connectivity index is 1.86. The lowest BCUT2D eigenvalue weighted by Gasteiger charge is -2.25. The predicted octanol–water partition coefficient (Wildman–Crippen LogP) is 2.55. The molecule has 6 heteroatoms. The Morgan fingerprint density at radius 3 is 2.46 bits per heavy atom. The quantitative estimate of drug-likeness (QED) is 0.896. The molecule has 24 heavy (non-hydrogen) atoms. The minimum Gasteiger partial charge on any atom is -0.508 e. The van der Waals surface area contributed by atoms with Crippen molar-refractivity contribution in [3.63, 3.8) is 0 Å². The molecule has 3 rings (SSSR count). The molecule has 0 unspecified atom stereocenters. The minimum absolute atomic E-state index is 0.0619. The first kappa shape index (κ1) is 16.0. The van der Waals surface area contributed by atoms with E-state index in [4.69, 9.17) is 14.2 Å². The van der Waals surface area contributed by atoms with E-state index < -0.39 is 5.92 Å². The number of carbonyl (C=O) groups excluding carboxylic acids is 1. The van der Waals surface area contributed by atoms with Gasteiger partial charge in [0.05, 0.1) is 26.7 Å². The van der Waals surface area contributed by atoms with Crippen LogP contribution in [0.4, 0.5) is 0 Å². The number of Topliss-reactive ketones (excluding diaryl/α,β-unsaturated/α-hetero) is 1. The van der Waals surface area contributed by atoms with Crippen molar-refractivity contribution in [3.05, 3.63) is 41.5 Å². The maximum atomic E-state index is 12.7. The van der Waals surface area contributed by atoms with E-state index in [9.17, 15) is 15.0 Å². The highest BCUT2D eigenvalue weighted by Crippen LogP contribution is 2.39. The van der Waals surface area contributed by atoms with Crippen molar-refractivity contribution in [1.29, 1.82) is 0 Å². The van der Waals surface area contributed by atoms with E-state index in [0.717, 1.165) is 0 Å². The number of phenolic OH excluding ortho intramolecular Hbond substituents is 2. The molecule has 0 bridgehead atoms. The number of rotatable bonds is 4. The van der Waals surface area contributed by atoms with Crippen LogP contribution in [0, 0.1) is 5.92 Å². The topological polar surface area (TPSA) is 85.2 Å². The Hall–Kier alpha value is -2.89. The summed E-state index contributed by atoms with van der Waals surface area (Å²) in [5.41, 5.74) is 0.772. The van der Waals surface area contributed by atoms with E-state index >= 15 is 0 Å². The van der Waals surface area contributed by atoms with Crippen LogP contribution in [0.2, 0.25) is 0 Å². The van der Waals surface area contributed by atoms with Gasteiger partial charge in [-0.15, -0.1) is 0 Å². The molecule has 0 amide bonds. The number of ketones is 1. The second kappa shape index (κ2) is 6.31. The van der Waals surface area contributed by atoms with Crippen LogP contribution < -0.4 is 14.2 Å². The van der Waals surface area contributed by atoms with Crippen LogP contribution in [0.1, 0.15) is 15.9 Å². The van der Waals surface area contributed by atoms with Gasteiger partial charge in [-0.3, -0.25) is 4.79 Å². The van der Waals surface area contributed by atoms with Gasteiger partial charge in [-0.05, 0) is 18.1 Å². The van der Waals surface area contributed by atoms with E-state index in [1.54, 1.807) is 18.2 Å². The normalized spacial score (nSPS) is 16.2. The molecule has 1 aliphatic heterocycles. The van der Waals surface area contributed by atoms with Gasteiger partial charge in [0.15, 0.2) is 5.78 Å². The zero-order valence-corrected chi connectivity index (χ0v) is 13.4. The van der Waals surface area contributed by atoms with Crippen molar-refractivity contribution in [2.45, 2.75) is 6.42 Å². The van der Waals surface area contributed by atoms with Crippen LogP contribution in [0.3, 0.4) is 0 Å². The first-order valence-corrected chi connectivity index (χ1v) is 7.47. The van der Waals surface area contributed by atoms with E-state index in [1.165, 1.54) is 26.4 Å². The van der Waals surface area contributed by atoms with Crippen LogP contribution >= 0.6 is 0 Å². The highest BCUT2D eigenvalue weighted by molar-refractivity contribution is 6.04. The first-order valence-electron chi connectivity index (χ1n) is 7.47. The third-order valence-corrected chi connectivity index (χ3v) is 4.11. The zero-order chi connectivity index (χ0) is 17.3. The smallest absolute Gasteiger partial charge is 0.177 e. The van der Waals surface area contributed by atoms with Crippen LogP contribution in [0.5, 0.6) is 28.7 Å². The van der Waals surface area contributed by atoms with Gasteiger partial charge >= 0.3 is 0 Å². The van der Waals surface area contributed by atoms with Gasteiger partial charge in [0.1, 0.15) is 34.3 Å². The third-order valence-electron chi connectivity index (χ3n) is 4.11. The number of aromatic hydroxyl groups is 2. The molecule has 0 aliphatic carbocycles. The first-order chi connectivity index (χ1) is 11.5. The summed E-state index contributed by atoms with van der Waals surface area (Å²) < 4.78 is 15.7. The molecule has 1 atom stereocenters. The highest BCUT2D eigenvalue weighted by Gasteiger charge is 2.32. The van der Waals surface area contributed by atoms with Gasteiger partial charge < -0.3 is 24.4 Å². The highest BCUT2D eigenvalue weighted by atomic mass is 16.5. The molecule has 0 aromatic heterocycles. The molecule has 2 aromatic rings. The molecular formula is C18H18O6. The predicted molar refractivity (Wildman–Crippen MR) is 86.3 cm³/mol. The SMILES string of the molecule is COc1ccc(C[C@@H]2COc3cc(OC)cc(O)c3C2=O)c(O)c1. The lowest BCUT2D eigenvalue weighted by atomic mass is 9.89. The lowest BCUT2D eigenvalue weighted by Crippen LogP contribution is -2.29. The maximum Gasteiger partial charge on any atom is 0.177 e. The molecule has 0 saturated carbocycles. The second-order valence-corrected chi connectivity index (χ2v) is 5.59. The zero-order valence-electron chi connectivity index (χ0n) is 13.4. The summed E-state index contributed by atoms with van der Waals surface area (Å²) in [6, 6.07) is 7.89. The number of hydrogen-bond donors (Lipinski definition) is 2. The van der Waals surface area contributed by atoms with Crippen molar-refractivity contribution < 1.29 is 29.2 Å². The van der Waals surface area contributed by atoms with Gasteiger partial charge in [-0.1, -0.05) is 6.07 Å². The largest absolute Gasteiger partial charge is 0.508 e. The Labute approximate surface area is 139 Å². The summed E-state index contributed by atoms with van der Waals surface area (Å²) in [5, 5.41) is 20.2. The Morgan fingerprint density at radius 1 is 1.08 bits per heavy atom. The van der Waals surface area contributed by atoms with Crippen molar-refractivity contribution >= 4 is 5.78 Å². The molecule has 0 fully saturated rings. The molecule has 126 valence electrons. The number of benzene rings is 2. The Kier molecular flexibility index (Phi) is 4.20.